The molecular formula is C19H22N2O5. The number of carbonyl (C=O) groups is 4. The van der Waals surface area contributed by atoms with Crippen molar-refractivity contribution < 1.29 is 23.9 Å². The maximum atomic E-state index is 12.4. The molecule has 2 heterocycles. The molecule has 2 aliphatic rings. The van der Waals surface area contributed by atoms with Crippen molar-refractivity contribution in [1.82, 2.24) is 9.80 Å². The molecule has 0 unspecified atom stereocenters. The van der Waals surface area contributed by atoms with Gasteiger partial charge in [0, 0.05) is 13.1 Å². The molecule has 0 radical (unpaired) electrons. The van der Waals surface area contributed by atoms with Crippen LogP contribution in [0.1, 0.15) is 47.4 Å². The number of hydrogen-bond acceptors (Lipinski definition) is 5. The Labute approximate surface area is 151 Å². The first-order chi connectivity index (χ1) is 12.4. The van der Waals surface area contributed by atoms with E-state index in [2.05, 4.69) is 6.92 Å². The van der Waals surface area contributed by atoms with Crippen molar-refractivity contribution in [2.45, 2.75) is 32.7 Å². The zero-order valence-electron chi connectivity index (χ0n) is 14.9. The molecule has 3 amide bonds. The summed E-state index contributed by atoms with van der Waals surface area (Å²) in [5, 5.41) is 0. The van der Waals surface area contributed by atoms with Crippen molar-refractivity contribution in [3.05, 3.63) is 35.4 Å². The number of imide groups is 1. The summed E-state index contributed by atoms with van der Waals surface area (Å²) in [7, 11) is 0. The van der Waals surface area contributed by atoms with Gasteiger partial charge in [-0.15, -0.1) is 0 Å². The summed E-state index contributed by atoms with van der Waals surface area (Å²) in [6.45, 7) is 4.51. The molecule has 138 valence electrons. The second-order valence-corrected chi connectivity index (χ2v) is 6.87. The van der Waals surface area contributed by atoms with E-state index >= 15 is 0 Å². The highest BCUT2D eigenvalue weighted by atomic mass is 16.5. The van der Waals surface area contributed by atoms with Gasteiger partial charge in [0.05, 0.1) is 11.1 Å². The minimum Gasteiger partial charge on any atom is -0.454 e. The summed E-state index contributed by atoms with van der Waals surface area (Å²) in [6, 6.07) is 5.34. The maximum Gasteiger partial charge on any atom is 0.329 e. The lowest BCUT2D eigenvalue weighted by atomic mass is 9.99. The van der Waals surface area contributed by atoms with Crippen LogP contribution in [0.2, 0.25) is 0 Å². The first kappa shape index (κ1) is 18.1. The van der Waals surface area contributed by atoms with Crippen molar-refractivity contribution in [3.63, 3.8) is 0 Å². The van der Waals surface area contributed by atoms with Crippen LogP contribution in [0.15, 0.2) is 24.3 Å². The number of likely N-dealkylation sites (tertiary alicyclic amines) is 1. The molecule has 7 nitrogen and oxygen atoms in total. The Morgan fingerprint density at radius 3 is 2.19 bits per heavy atom. The Balaban J connectivity index is 1.58. The first-order valence-electron chi connectivity index (χ1n) is 8.81. The van der Waals surface area contributed by atoms with E-state index in [1.165, 1.54) is 6.92 Å². The van der Waals surface area contributed by atoms with Crippen molar-refractivity contribution in [3.8, 4) is 0 Å². The quantitative estimate of drug-likeness (QED) is 0.601. The molecule has 0 bridgehead atoms. The van der Waals surface area contributed by atoms with Crippen LogP contribution in [0.4, 0.5) is 0 Å². The zero-order chi connectivity index (χ0) is 18.8. The summed E-state index contributed by atoms with van der Waals surface area (Å²) in [4.78, 5) is 51.8. The van der Waals surface area contributed by atoms with E-state index in [1.807, 2.05) is 0 Å². The second-order valence-electron chi connectivity index (χ2n) is 6.87. The number of nitrogens with zero attached hydrogens (tertiary/aromatic N) is 2. The molecule has 0 aliphatic carbocycles. The molecule has 7 heteroatoms. The van der Waals surface area contributed by atoms with Crippen LogP contribution in [0.5, 0.6) is 0 Å². The van der Waals surface area contributed by atoms with Gasteiger partial charge in [-0.2, -0.15) is 0 Å². The predicted octanol–water partition coefficient (Wildman–Crippen LogP) is 1.47. The topological polar surface area (TPSA) is 84.0 Å². The van der Waals surface area contributed by atoms with Gasteiger partial charge in [-0.3, -0.25) is 19.3 Å². The third-order valence-electron chi connectivity index (χ3n) is 5.03. The predicted molar refractivity (Wildman–Crippen MR) is 92.3 cm³/mol. The Hall–Kier alpha value is -2.70. The highest BCUT2D eigenvalue weighted by Gasteiger charge is 2.41. The third kappa shape index (κ3) is 3.34. The molecule has 0 aromatic heterocycles. The lowest BCUT2D eigenvalue weighted by Crippen LogP contribution is -2.45. The van der Waals surface area contributed by atoms with Crippen LogP contribution in [-0.4, -0.2) is 59.2 Å². The molecule has 1 aromatic carbocycles. The number of benzene rings is 1. The van der Waals surface area contributed by atoms with E-state index < -0.39 is 23.8 Å². The fourth-order valence-corrected chi connectivity index (χ4v) is 3.27. The number of hydrogen-bond donors (Lipinski definition) is 0. The van der Waals surface area contributed by atoms with Crippen LogP contribution in [0.3, 0.4) is 0 Å². The van der Waals surface area contributed by atoms with E-state index in [4.69, 9.17) is 4.74 Å². The van der Waals surface area contributed by atoms with E-state index in [-0.39, 0.29) is 23.6 Å². The van der Waals surface area contributed by atoms with Gasteiger partial charge in [-0.1, -0.05) is 19.1 Å². The lowest BCUT2D eigenvalue weighted by molar-refractivity contribution is -0.155. The smallest absolute Gasteiger partial charge is 0.329 e. The van der Waals surface area contributed by atoms with Crippen LogP contribution >= 0.6 is 0 Å². The zero-order valence-corrected chi connectivity index (χ0v) is 14.9. The molecule has 0 spiro atoms. The molecule has 2 aliphatic heterocycles. The number of ether oxygens (including phenoxy) is 1. The number of esters is 1. The molecule has 0 N–H and O–H groups in total. The fourth-order valence-electron chi connectivity index (χ4n) is 3.27. The Morgan fingerprint density at radius 1 is 1.12 bits per heavy atom. The highest BCUT2D eigenvalue weighted by Crippen LogP contribution is 2.24. The van der Waals surface area contributed by atoms with E-state index in [9.17, 15) is 19.2 Å². The number of amides is 3. The lowest BCUT2D eigenvalue weighted by Gasteiger charge is -2.30. The fraction of sp³-hybridized carbons (Fsp3) is 0.474. The summed E-state index contributed by atoms with van der Waals surface area (Å²) >= 11 is 0. The van der Waals surface area contributed by atoms with Crippen molar-refractivity contribution in [2.75, 3.05) is 19.7 Å². The number of fused-ring (bicyclic) bond motifs is 1. The molecule has 3 rings (SSSR count). The Bertz CT molecular complexity index is 717. The van der Waals surface area contributed by atoms with E-state index in [0.29, 0.717) is 19.0 Å². The van der Waals surface area contributed by atoms with Crippen molar-refractivity contribution in [2.24, 2.45) is 5.92 Å². The van der Waals surface area contributed by atoms with Crippen LogP contribution in [0, 0.1) is 5.92 Å². The standard InChI is InChI=1S/C19H22N2O5/c1-12-7-9-20(10-8-12)16(22)11-26-19(25)13(2)21-17(23)14-5-3-4-6-15(14)18(21)24/h3-6,12-13H,7-11H2,1-2H3/t13-/m0/s1. The molecule has 1 saturated heterocycles. The third-order valence-corrected chi connectivity index (χ3v) is 5.03. The SMILES string of the molecule is CC1CCN(C(=O)COC(=O)[C@H](C)N2C(=O)c3ccccc3C2=O)CC1. The van der Waals surface area contributed by atoms with Gasteiger partial charge in [-0.25, -0.2) is 4.79 Å². The summed E-state index contributed by atoms with van der Waals surface area (Å²) in [5.41, 5.74) is 0.548. The summed E-state index contributed by atoms with van der Waals surface area (Å²) < 4.78 is 5.08. The normalized spacial score (nSPS) is 18.7. The van der Waals surface area contributed by atoms with Gasteiger partial charge < -0.3 is 9.64 Å². The largest absolute Gasteiger partial charge is 0.454 e. The average Bonchev–Trinajstić information content (AvgIpc) is 2.90. The molecule has 1 fully saturated rings. The number of rotatable bonds is 4. The number of piperidine rings is 1. The number of carbonyl (C=O) groups excluding carboxylic acids is 4. The van der Waals surface area contributed by atoms with Gasteiger partial charge in [0.15, 0.2) is 6.61 Å². The van der Waals surface area contributed by atoms with Crippen molar-refractivity contribution >= 4 is 23.7 Å². The van der Waals surface area contributed by atoms with Gasteiger partial charge in [0.2, 0.25) is 0 Å². The molecule has 1 aromatic rings. The first-order valence-corrected chi connectivity index (χ1v) is 8.81. The molecule has 0 saturated carbocycles. The van der Waals surface area contributed by atoms with E-state index in [0.717, 1.165) is 17.7 Å². The average molecular weight is 358 g/mol. The molecule has 1 atom stereocenters. The molecule has 26 heavy (non-hydrogen) atoms. The van der Waals surface area contributed by atoms with Gasteiger partial charge in [-0.05, 0) is 37.8 Å². The van der Waals surface area contributed by atoms with Gasteiger partial charge in [0.25, 0.3) is 17.7 Å². The van der Waals surface area contributed by atoms with Crippen LogP contribution < -0.4 is 0 Å². The minimum atomic E-state index is -1.09. The van der Waals surface area contributed by atoms with Crippen LogP contribution in [0.25, 0.3) is 0 Å². The molecular weight excluding hydrogens is 336 g/mol. The van der Waals surface area contributed by atoms with Crippen molar-refractivity contribution in [1.29, 1.82) is 0 Å². The minimum absolute atomic E-state index is 0.250. The van der Waals surface area contributed by atoms with Gasteiger partial charge >= 0.3 is 5.97 Å². The summed E-state index contributed by atoms with van der Waals surface area (Å²) in [6.07, 6.45) is 1.87. The highest BCUT2D eigenvalue weighted by molar-refractivity contribution is 6.22. The Morgan fingerprint density at radius 2 is 1.65 bits per heavy atom. The van der Waals surface area contributed by atoms with Gasteiger partial charge in [0.1, 0.15) is 6.04 Å². The Kier molecular flexibility index (Phi) is 5.06. The monoisotopic (exact) mass is 358 g/mol. The van der Waals surface area contributed by atoms with E-state index in [1.54, 1.807) is 29.2 Å². The maximum absolute atomic E-state index is 12.4. The van der Waals surface area contributed by atoms with Crippen LogP contribution in [-0.2, 0) is 14.3 Å². The summed E-state index contributed by atoms with van der Waals surface area (Å²) in [5.74, 6) is -1.47. The second kappa shape index (κ2) is 7.27.